The van der Waals surface area contributed by atoms with Gasteiger partial charge in [0.25, 0.3) is 0 Å². The van der Waals surface area contributed by atoms with E-state index in [1.807, 2.05) is 20.8 Å². The van der Waals surface area contributed by atoms with Crippen LogP contribution >= 0.6 is 0 Å². The monoisotopic (exact) mass is 272 g/mol. The Hall–Kier alpha value is -1.30. The molecule has 3 N–H and O–H groups in total. The number of rotatable bonds is 4. The van der Waals surface area contributed by atoms with Crippen LogP contribution in [-0.4, -0.2) is 35.5 Å². The number of carboxylic acid groups (broad SMARTS) is 1. The Kier molecular flexibility index (Phi) is 5.60. The number of carbonyl (C=O) groups excluding carboxylic acids is 1. The minimum atomic E-state index is -0.768. The molecule has 2 unspecified atom stereocenters. The van der Waals surface area contributed by atoms with E-state index in [0.29, 0.717) is 12.3 Å². The van der Waals surface area contributed by atoms with Crippen LogP contribution in [0, 0.1) is 5.92 Å². The molecular formula is C13H24N2O4. The fourth-order valence-electron chi connectivity index (χ4n) is 2.15. The Balaban J connectivity index is 2.34. The summed E-state index contributed by atoms with van der Waals surface area (Å²) in [6, 6.07) is 0. The first-order valence-electron chi connectivity index (χ1n) is 6.71. The normalized spacial score (nSPS) is 23.7. The number of alkyl carbamates (subject to hydrolysis) is 1. The van der Waals surface area contributed by atoms with E-state index >= 15 is 0 Å². The lowest BCUT2D eigenvalue weighted by molar-refractivity contribution is -0.137. The highest BCUT2D eigenvalue weighted by Gasteiger charge is 2.25. The van der Waals surface area contributed by atoms with Gasteiger partial charge in [-0.1, -0.05) is 0 Å². The summed E-state index contributed by atoms with van der Waals surface area (Å²) in [4.78, 5) is 22.2. The van der Waals surface area contributed by atoms with Gasteiger partial charge < -0.3 is 15.2 Å². The van der Waals surface area contributed by atoms with Gasteiger partial charge in [-0.3, -0.25) is 10.1 Å². The summed E-state index contributed by atoms with van der Waals surface area (Å²) < 4.78 is 5.19. The van der Waals surface area contributed by atoms with Crippen LogP contribution in [0.2, 0.25) is 0 Å². The highest BCUT2D eigenvalue weighted by atomic mass is 16.6. The van der Waals surface area contributed by atoms with Crippen molar-refractivity contribution in [2.45, 2.75) is 58.2 Å². The van der Waals surface area contributed by atoms with E-state index in [4.69, 9.17) is 9.84 Å². The zero-order chi connectivity index (χ0) is 14.5. The number of ether oxygens (including phenoxy) is 1. The van der Waals surface area contributed by atoms with E-state index in [0.717, 1.165) is 19.4 Å². The molecule has 1 amide bonds. The summed E-state index contributed by atoms with van der Waals surface area (Å²) in [6.07, 6.45) is 1.95. The number of carbonyl (C=O) groups is 2. The van der Waals surface area contributed by atoms with Crippen molar-refractivity contribution in [3.63, 3.8) is 0 Å². The maximum Gasteiger partial charge on any atom is 0.408 e. The second kappa shape index (κ2) is 6.75. The molecule has 0 saturated carbocycles. The van der Waals surface area contributed by atoms with Crippen LogP contribution < -0.4 is 10.6 Å². The molecule has 1 heterocycles. The number of nitrogens with one attached hydrogen (secondary N) is 2. The van der Waals surface area contributed by atoms with Crippen molar-refractivity contribution in [3.8, 4) is 0 Å². The van der Waals surface area contributed by atoms with Gasteiger partial charge in [0.2, 0.25) is 0 Å². The van der Waals surface area contributed by atoms with Gasteiger partial charge in [0.05, 0.1) is 6.17 Å². The average Bonchev–Trinajstić information content (AvgIpc) is 2.24. The van der Waals surface area contributed by atoms with Crippen LogP contribution in [0.3, 0.4) is 0 Å². The maximum absolute atomic E-state index is 11.6. The van der Waals surface area contributed by atoms with Crippen molar-refractivity contribution in [2.24, 2.45) is 5.92 Å². The van der Waals surface area contributed by atoms with Crippen molar-refractivity contribution < 1.29 is 19.4 Å². The molecule has 0 aromatic rings. The predicted octanol–water partition coefficient (Wildman–Crippen LogP) is 1.70. The molecule has 1 fully saturated rings. The number of amides is 1. The SMILES string of the molecule is CC(C)(C)OC(=O)NC1CC(CCC(=O)O)CCN1. The van der Waals surface area contributed by atoms with Crippen molar-refractivity contribution in [1.29, 1.82) is 0 Å². The maximum atomic E-state index is 11.6. The second-order valence-corrected chi connectivity index (χ2v) is 5.98. The summed E-state index contributed by atoms with van der Waals surface area (Å²) in [7, 11) is 0. The number of hydrogen-bond acceptors (Lipinski definition) is 4. The Bertz CT molecular complexity index is 325. The van der Waals surface area contributed by atoms with Crippen molar-refractivity contribution >= 4 is 12.1 Å². The fraction of sp³-hybridized carbons (Fsp3) is 0.846. The quantitative estimate of drug-likeness (QED) is 0.725. The minimum absolute atomic E-state index is 0.137. The van der Waals surface area contributed by atoms with Crippen molar-refractivity contribution in [2.75, 3.05) is 6.54 Å². The standard InChI is InChI=1S/C13H24N2O4/c1-13(2,3)19-12(18)15-10-8-9(6-7-14-10)4-5-11(16)17/h9-10,14H,4-8H2,1-3H3,(H,15,18)(H,16,17). The Morgan fingerprint density at radius 3 is 2.68 bits per heavy atom. The van der Waals surface area contributed by atoms with E-state index in [2.05, 4.69) is 10.6 Å². The van der Waals surface area contributed by atoms with Crippen molar-refractivity contribution in [1.82, 2.24) is 10.6 Å². The first-order valence-corrected chi connectivity index (χ1v) is 6.71. The topological polar surface area (TPSA) is 87.7 Å². The zero-order valence-corrected chi connectivity index (χ0v) is 11.9. The number of carboxylic acids is 1. The first-order chi connectivity index (χ1) is 8.76. The van der Waals surface area contributed by atoms with Gasteiger partial charge in [0, 0.05) is 6.42 Å². The molecule has 19 heavy (non-hydrogen) atoms. The third kappa shape index (κ3) is 7.00. The van der Waals surface area contributed by atoms with Crippen LogP contribution in [0.15, 0.2) is 0 Å². The van der Waals surface area contributed by atoms with Gasteiger partial charge in [-0.25, -0.2) is 4.79 Å². The molecule has 0 bridgehead atoms. The molecule has 1 rings (SSSR count). The van der Waals surface area contributed by atoms with Gasteiger partial charge in [-0.05, 0) is 52.5 Å². The summed E-state index contributed by atoms with van der Waals surface area (Å²) >= 11 is 0. The lowest BCUT2D eigenvalue weighted by atomic mass is 9.91. The first kappa shape index (κ1) is 15.8. The lowest BCUT2D eigenvalue weighted by Gasteiger charge is -2.31. The van der Waals surface area contributed by atoms with E-state index in [1.165, 1.54) is 0 Å². The summed E-state index contributed by atoms with van der Waals surface area (Å²) in [5, 5.41) is 14.6. The molecule has 2 atom stereocenters. The molecule has 0 spiro atoms. The summed E-state index contributed by atoms with van der Waals surface area (Å²) in [6.45, 7) is 6.23. The van der Waals surface area contributed by atoms with Gasteiger partial charge >= 0.3 is 12.1 Å². The zero-order valence-electron chi connectivity index (χ0n) is 11.9. The largest absolute Gasteiger partial charge is 0.481 e. The molecule has 6 heteroatoms. The smallest absolute Gasteiger partial charge is 0.408 e. The van der Waals surface area contributed by atoms with Crippen LogP contribution in [0.5, 0.6) is 0 Å². The van der Waals surface area contributed by atoms with E-state index in [9.17, 15) is 9.59 Å². The molecule has 0 aromatic carbocycles. The van der Waals surface area contributed by atoms with Crippen LogP contribution in [0.25, 0.3) is 0 Å². The van der Waals surface area contributed by atoms with Crippen LogP contribution in [0.4, 0.5) is 4.79 Å². The summed E-state index contributed by atoms with van der Waals surface area (Å²) in [5.41, 5.74) is -0.512. The molecule has 1 aliphatic rings. The lowest BCUT2D eigenvalue weighted by Crippen LogP contribution is -2.51. The number of hydrogen-bond donors (Lipinski definition) is 3. The molecule has 0 aliphatic carbocycles. The van der Waals surface area contributed by atoms with Gasteiger partial charge in [0.15, 0.2) is 0 Å². The van der Waals surface area contributed by atoms with Crippen LogP contribution in [-0.2, 0) is 9.53 Å². The molecule has 0 aromatic heterocycles. The third-order valence-electron chi connectivity index (χ3n) is 2.97. The highest BCUT2D eigenvalue weighted by molar-refractivity contribution is 5.68. The highest BCUT2D eigenvalue weighted by Crippen LogP contribution is 2.20. The Labute approximate surface area is 113 Å². The second-order valence-electron chi connectivity index (χ2n) is 5.98. The van der Waals surface area contributed by atoms with E-state index in [1.54, 1.807) is 0 Å². The molecule has 110 valence electrons. The van der Waals surface area contributed by atoms with E-state index in [-0.39, 0.29) is 12.6 Å². The van der Waals surface area contributed by atoms with E-state index < -0.39 is 17.7 Å². The number of aliphatic carboxylic acids is 1. The Morgan fingerprint density at radius 2 is 2.11 bits per heavy atom. The molecular weight excluding hydrogens is 248 g/mol. The fourth-order valence-corrected chi connectivity index (χ4v) is 2.15. The molecule has 6 nitrogen and oxygen atoms in total. The predicted molar refractivity (Wildman–Crippen MR) is 70.8 cm³/mol. The molecule has 0 radical (unpaired) electrons. The van der Waals surface area contributed by atoms with Gasteiger partial charge in [-0.2, -0.15) is 0 Å². The third-order valence-corrected chi connectivity index (χ3v) is 2.97. The summed E-state index contributed by atoms with van der Waals surface area (Å²) in [5.74, 6) is -0.438. The van der Waals surface area contributed by atoms with Crippen molar-refractivity contribution in [3.05, 3.63) is 0 Å². The Morgan fingerprint density at radius 1 is 1.42 bits per heavy atom. The van der Waals surface area contributed by atoms with Gasteiger partial charge in [-0.15, -0.1) is 0 Å². The molecule has 1 saturated heterocycles. The molecule has 1 aliphatic heterocycles. The van der Waals surface area contributed by atoms with Gasteiger partial charge in [0.1, 0.15) is 5.60 Å². The average molecular weight is 272 g/mol. The van der Waals surface area contributed by atoms with Crippen LogP contribution in [0.1, 0.15) is 46.5 Å². The minimum Gasteiger partial charge on any atom is -0.481 e. The number of piperidine rings is 1.